The first-order chi connectivity index (χ1) is 5.68. The predicted molar refractivity (Wildman–Crippen MR) is 41.7 cm³/mol. The maximum atomic E-state index is 10.0. The van der Waals surface area contributed by atoms with Crippen molar-refractivity contribution < 1.29 is 44.2 Å². The van der Waals surface area contributed by atoms with Crippen molar-refractivity contribution in [1.82, 2.24) is 0 Å². The van der Waals surface area contributed by atoms with Crippen LogP contribution in [0.4, 0.5) is 0 Å². The van der Waals surface area contributed by atoms with Crippen molar-refractivity contribution in [3.8, 4) is 5.75 Å². The van der Waals surface area contributed by atoms with E-state index in [1.807, 2.05) is 13.0 Å². The van der Waals surface area contributed by atoms with Gasteiger partial charge in [0.1, 0.15) is 12.4 Å². The number of hydrogen-bond acceptors (Lipinski definition) is 3. The van der Waals surface area contributed by atoms with Crippen LogP contribution in [0.1, 0.15) is 5.56 Å². The van der Waals surface area contributed by atoms with Gasteiger partial charge in [-0.15, -0.1) is 0 Å². The smallest absolute Gasteiger partial charge is 0.546 e. The average Bonchev–Trinajstić information content (AvgIpc) is 2.01. The fourth-order valence-corrected chi connectivity index (χ4v) is 0.847. The molecule has 0 unspecified atom stereocenters. The van der Waals surface area contributed by atoms with Crippen LogP contribution < -0.4 is 39.4 Å². The Hall–Kier alpha value is -0.510. The Kier molecular flexibility index (Phi) is 5.79. The van der Waals surface area contributed by atoms with Gasteiger partial charge in [-0.25, -0.2) is 0 Å². The number of carboxylic acids is 1. The molecule has 13 heavy (non-hydrogen) atoms. The summed E-state index contributed by atoms with van der Waals surface area (Å²) in [6.45, 7) is 1.51. The molecule has 0 atom stereocenters. The van der Waals surface area contributed by atoms with E-state index in [2.05, 4.69) is 0 Å². The minimum absolute atomic E-state index is 0. The van der Waals surface area contributed by atoms with E-state index in [9.17, 15) is 9.90 Å². The molecule has 0 heterocycles. The minimum Gasteiger partial charge on any atom is -0.546 e. The standard InChI is InChI=1S/C9H10O3.Na/c1-7-3-2-4-8(5-7)12-6-9(10)11;/h2-5H,6H2,1H3,(H,10,11);/q;+1/p-1. The third-order valence-electron chi connectivity index (χ3n) is 1.35. The molecule has 0 bridgehead atoms. The van der Waals surface area contributed by atoms with Crippen LogP contribution in [0.5, 0.6) is 5.75 Å². The minimum atomic E-state index is -1.21. The van der Waals surface area contributed by atoms with Crippen LogP contribution in [-0.2, 0) is 4.79 Å². The number of benzene rings is 1. The Morgan fingerprint density at radius 2 is 2.23 bits per heavy atom. The van der Waals surface area contributed by atoms with Gasteiger partial charge in [-0.05, 0) is 24.6 Å². The molecule has 0 fully saturated rings. The van der Waals surface area contributed by atoms with E-state index in [1.54, 1.807) is 18.2 Å². The summed E-state index contributed by atoms with van der Waals surface area (Å²) in [4.78, 5) is 10.0. The van der Waals surface area contributed by atoms with Gasteiger partial charge in [-0.2, -0.15) is 0 Å². The molecule has 0 radical (unpaired) electrons. The quantitative estimate of drug-likeness (QED) is 0.479. The van der Waals surface area contributed by atoms with E-state index < -0.39 is 12.6 Å². The fraction of sp³-hybridized carbons (Fsp3) is 0.222. The molecular weight excluding hydrogens is 179 g/mol. The monoisotopic (exact) mass is 188 g/mol. The molecule has 1 aromatic carbocycles. The van der Waals surface area contributed by atoms with E-state index in [1.165, 1.54) is 0 Å². The molecule has 64 valence electrons. The van der Waals surface area contributed by atoms with Gasteiger partial charge >= 0.3 is 29.6 Å². The summed E-state index contributed by atoms with van der Waals surface area (Å²) in [6.07, 6.45) is 0. The molecule has 0 amide bonds. The van der Waals surface area contributed by atoms with E-state index in [0.717, 1.165) is 5.56 Å². The van der Waals surface area contributed by atoms with Crippen molar-refractivity contribution in [2.75, 3.05) is 6.61 Å². The van der Waals surface area contributed by atoms with Gasteiger partial charge in [0.15, 0.2) is 0 Å². The first-order valence-electron chi connectivity index (χ1n) is 3.58. The molecule has 0 aliphatic carbocycles. The number of rotatable bonds is 3. The second kappa shape index (κ2) is 6.02. The Balaban J connectivity index is 0.00000144. The van der Waals surface area contributed by atoms with Crippen LogP contribution in [-0.4, -0.2) is 12.6 Å². The molecule has 1 aromatic rings. The molecule has 3 nitrogen and oxygen atoms in total. The van der Waals surface area contributed by atoms with Gasteiger partial charge in [0.25, 0.3) is 0 Å². The molecule has 0 aliphatic heterocycles. The average molecular weight is 188 g/mol. The molecular formula is C9H9NaO3. The van der Waals surface area contributed by atoms with Crippen molar-refractivity contribution in [2.45, 2.75) is 6.92 Å². The van der Waals surface area contributed by atoms with Gasteiger partial charge in [-0.1, -0.05) is 12.1 Å². The summed E-state index contributed by atoms with van der Waals surface area (Å²) >= 11 is 0. The van der Waals surface area contributed by atoms with Crippen LogP contribution in [0.3, 0.4) is 0 Å². The Labute approximate surface area is 99.0 Å². The van der Waals surface area contributed by atoms with Crippen LogP contribution in [0.25, 0.3) is 0 Å². The largest absolute Gasteiger partial charge is 1.00 e. The van der Waals surface area contributed by atoms with Crippen LogP contribution in [0.2, 0.25) is 0 Å². The number of carbonyl (C=O) groups is 1. The summed E-state index contributed by atoms with van der Waals surface area (Å²) in [6, 6.07) is 7.19. The zero-order valence-electron chi connectivity index (χ0n) is 7.74. The van der Waals surface area contributed by atoms with Gasteiger partial charge in [-0.3, -0.25) is 0 Å². The molecule has 0 aliphatic rings. The SMILES string of the molecule is Cc1cccc(OCC(=O)[O-])c1.[Na+]. The number of aryl methyl sites for hydroxylation is 1. The van der Waals surface area contributed by atoms with Crippen molar-refractivity contribution in [2.24, 2.45) is 0 Å². The predicted octanol–water partition coefficient (Wildman–Crippen LogP) is -2.87. The van der Waals surface area contributed by atoms with Crippen molar-refractivity contribution in [3.05, 3.63) is 29.8 Å². The van der Waals surface area contributed by atoms with Gasteiger partial charge in [0.2, 0.25) is 0 Å². The second-order valence-electron chi connectivity index (χ2n) is 2.48. The van der Waals surface area contributed by atoms with E-state index >= 15 is 0 Å². The number of hydrogen-bond donors (Lipinski definition) is 0. The second-order valence-corrected chi connectivity index (χ2v) is 2.48. The molecule has 1 rings (SSSR count). The molecule has 0 saturated heterocycles. The first kappa shape index (κ1) is 12.5. The zero-order chi connectivity index (χ0) is 8.97. The maximum Gasteiger partial charge on any atom is 1.00 e. The van der Waals surface area contributed by atoms with Gasteiger partial charge in [0, 0.05) is 0 Å². The Morgan fingerprint density at radius 3 is 2.77 bits per heavy atom. The maximum absolute atomic E-state index is 10.0. The van der Waals surface area contributed by atoms with Crippen molar-refractivity contribution in [3.63, 3.8) is 0 Å². The molecule has 0 aromatic heterocycles. The van der Waals surface area contributed by atoms with Crippen LogP contribution in [0, 0.1) is 6.92 Å². The topological polar surface area (TPSA) is 49.4 Å². The summed E-state index contributed by atoms with van der Waals surface area (Å²) in [7, 11) is 0. The van der Waals surface area contributed by atoms with E-state index in [4.69, 9.17) is 4.74 Å². The van der Waals surface area contributed by atoms with Crippen LogP contribution in [0.15, 0.2) is 24.3 Å². The first-order valence-corrected chi connectivity index (χ1v) is 3.58. The summed E-state index contributed by atoms with van der Waals surface area (Å²) in [5.74, 6) is -0.657. The summed E-state index contributed by atoms with van der Waals surface area (Å²) in [5.41, 5.74) is 1.03. The zero-order valence-corrected chi connectivity index (χ0v) is 9.74. The van der Waals surface area contributed by atoms with E-state index in [-0.39, 0.29) is 29.6 Å². The van der Waals surface area contributed by atoms with Crippen molar-refractivity contribution in [1.29, 1.82) is 0 Å². The Morgan fingerprint density at radius 1 is 1.54 bits per heavy atom. The number of ether oxygens (including phenoxy) is 1. The molecule has 0 saturated carbocycles. The third kappa shape index (κ3) is 4.93. The fourth-order valence-electron chi connectivity index (χ4n) is 0.847. The normalized spacial score (nSPS) is 8.69. The summed E-state index contributed by atoms with van der Waals surface area (Å²) < 4.78 is 4.89. The molecule has 4 heteroatoms. The number of carboxylic acid groups (broad SMARTS) is 1. The molecule has 0 N–H and O–H groups in total. The van der Waals surface area contributed by atoms with Gasteiger partial charge in [0.05, 0.1) is 5.97 Å². The van der Waals surface area contributed by atoms with Crippen LogP contribution >= 0.6 is 0 Å². The molecule has 0 spiro atoms. The van der Waals surface area contributed by atoms with Crippen molar-refractivity contribution >= 4 is 5.97 Å². The number of aliphatic carboxylic acids is 1. The number of carbonyl (C=O) groups excluding carboxylic acids is 1. The summed E-state index contributed by atoms with van der Waals surface area (Å²) in [5, 5.41) is 10.0. The third-order valence-corrected chi connectivity index (χ3v) is 1.35. The Bertz CT molecular complexity index is 286. The van der Waals surface area contributed by atoms with Gasteiger partial charge < -0.3 is 14.6 Å². The van der Waals surface area contributed by atoms with E-state index in [0.29, 0.717) is 5.75 Å².